The van der Waals surface area contributed by atoms with Gasteiger partial charge in [-0.05, 0) is 12.8 Å². The molecule has 104 valence electrons. The number of aryl methyl sites for hydroxylation is 1. The van der Waals surface area contributed by atoms with E-state index in [1.54, 1.807) is 4.57 Å². The van der Waals surface area contributed by atoms with Gasteiger partial charge in [-0.1, -0.05) is 26.7 Å². The highest BCUT2D eigenvalue weighted by Crippen LogP contribution is 2.02. The van der Waals surface area contributed by atoms with E-state index < -0.39 is 0 Å². The number of halogens is 1. The van der Waals surface area contributed by atoms with E-state index in [4.69, 9.17) is 0 Å². The minimum atomic E-state index is 0. The first kappa shape index (κ1) is 17.4. The van der Waals surface area contributed by atoms with Crippen molar-refractivity contribution in [2.45, 2.75) is 39.5 Å². The first-order chi connectivity index (χ1) is 8.19. The molecule has 0 aromatic carbocycles. The lowest BCUT2D eigenvalue weighted by atomic mass is 10.3. The van der Waals surface area contributed by atoms with Crippen LogP contribution in [0.3, 0.4) is 0 Å². The maximum atomic E-state index is 12.2. The Labute approximate surface area is 127 Å². The predicted octanol–water partition coefficient (Wildman–Crippen LogP) is -0.813. The summed E-state index contributed by atoms with van der Waals surface area (Å²) in [7, 11) is 1.92. The molecule has 0 atom stereocenters. The smallest absolute Gasteiger partial charge is 0.415 e. The molecule has 0 bridgehead atoms. The van der Waals surface area contributed by atoms with Crippen molar-refractivity contribution < 1.29 is 33.3 Å². The summed E-state index contributed by atoms with van der Waals surface area (Å²) in [5, 5.41) is 0. The normalized spacial score (nSPS) is 9.94. The van der Waals surface area contributed by atoms with Crippen LogP contribution in [0.25, 0.3) is 0 Å². The van der Waals surface area contributed by atoms with Crippen LogP contribution in [-0.2, 0) is 7.05 Å². The van der Waals surface area contributed by atoms with Crippen LogP contribution in [-0.4, -0.2) is 28.6 Å². The molecule has 0 unspecified atom stereocenters. The first-order valence-electron chi connectivity index (χ1n) is 6.51. The monoisotopic (exact) mass is 365 g/mol. The third-order valence-electron chi connectivity index (χ3n) is 2.82. The molecule has 0 N–H and O–H groups in total. The predicted molar refractivity (Wildman–Crippen MR) is 67.8 cm³/mol. The molecule has 1 heterocycles. The van der Waals surface area contributed by atoms with Crippen molar-refractivity contribution in [3.63, 3.8) is 0 Å². The van der Waals surface area contributed by atoms with Gasteiger partial charge in [-0.2, -0.15) is 4.57 Å². The Hall–Kier alpha value is -0.590. The molecule has 4 nitrogen and oxygen atoms in total. The highest BCUT2D eigenvalue weighted by atomic mass is 127. The van der Waals surface area contributed by atoms with E-state index >= 15 is 0 Å². The van der Waals surface area contributed by atoms with Gasteiger partial charge in [-0.3, -0.25) is 0 Å². The summed E-state index contributed by atoms with van der Waals surface area (Å²) in [5.74, 6) is 0. The summed E-state index contributed by atoms with van der Waals surface area (Å²) >= 11 is 0. The molecule has 1 amide bonds. The molecular weight excluding hydrogens is 341 g/mol. The molecule has 1 aromatic heterocycles. The van der Waals surface area contributed by atoms with Gasteiger partial charge in [0.1, 0.15) is 12.4 Å². The largest absolute Gasteiger partial charge is 1.00 e. The van der Waals surface area contributed by atoms with Gasteiger partial charge in [0.2, 0.25) is 0 Å². The van der Waals surface area contributed by atoms with Gasteiger partial charge in [0.05, 0.1) is 7.05 Å². The lowest BCUT2D eigenvalue weighted by Gasteiger charge is -2.19. The lowest BCUT2D eigenvalue weighted by molar-refractivity contribution is -0.670. The number of carbonyl (C=O) groups excluding carboxylic acids is 1. The van der Waals surface area contributed by atoms with Crippen LogP contribution in [0.15, 0.2) is 18.7 Å². The maximum Gasteiger partial charge on any atom is 0.415 e. The van der Waals surface area contributed by atoms with Crippen molar-refractivity contribution in [2.75, 3.05) is 13.1 Å². The number of nitrogens with zero attached hydrogens (tertiary/aromatic N) is 3. The zero-order valence-electron chi connectivity index (χ0n) is 11.6. The summed E-state index contributed by atoms with van der Waals surface area (Å²) in [6.45, 7) is 6.02. The van der Waals surface area contributed by atoms with Crippen LogP contribution in [0, 0.1) is 0 Å². The minimum absolute atomic E-state index is 0. The van der Waals surface area contributed by atoms with E-state index in [9.17, 15) is 4.79 Å². The summed E-state index contributed by atoms with van der Waals surface area (Å²) in [6, 6.07) is 0.0903. The summed E-state index contributed by atoms with van der Waals surface area (Å²) < 4.78 is 3.54. The van der Waals surface area contributed by atoms with E-state index in [-0.39, 0.29) is 30.0 Å². The van der Waals surface area contributed by atoms with Crippen molar-refractivity contribution in [3.8, 4) is 0 Å². The van der Waals surface area contributed by atoms with E-state index in [1.807, 2.05) is 35.2 Å². The number of rotatable bonds is 6. The molecule has 0 saturated heterocycles. The summed E-state index contributed by atoms with van der Waals surface area (Å²) in [6.07, 6.45) is 9.90. The van der Waals surface area contributed by atoms with Gasteiger partial charge in [0.15, 0.2) is 0 Å². The highest BCUT2D eigenvalue weighted by molar-refractivity contribution is 5.76. The fraction of sp³-hybridized carbons (Fsp3) is 0.692. The number of unbranched alkanes of at least 4 members (excludes halogenated alkanes) is 2. The summed E-state index contributed by atoms with van der Waals surface area (Å²) in [4.78, 5) is 14.2. The van der Waals surface area contributed by atoms with Gasteiger partial charge >= 0.3 is 6.03 Å². The fourth-order valence-corrected chi connectivity index (χ4v) is 1.73. The number of hydrogen-bond donors (Lipinski definition) is 0. The van der Waals surface area contributed by atoms with Crippen LogP contribution in [0.5, 0.6) is 0 Å². The number of carbonyl (C=O) groups is 1. The van der Waals surface area contributed by atoms with E-state index in [2.05, 4.69) is 13.8 Å². The Balaban J connectivity index is 0.00000289. The van der Waals surface area contributed by atoms with Crippen molar-refractivity contribution in [1.29, 1.82) is 0 Å². The maximum absolute atomic E-state index is 12.2. The van der Waals surface area contributed by atoms with Crippen LogP contribution >= 0.6 is 0 Å². The molecule has 1 rings (SSSR count). The topological polar surface area (TPSA) is 29.1 Å². The molecule has 18 heavy (non-hydrogen) atoms. The number of amides is 1. The first-order valence-corrected chi connectivity index (χ1v) is 6.51. The molecule has 0 fully saturated rings. The molecule has 5 heteroatoms. The molecule has 0 spiro atoms. The van der Waals surface area contributed by atoms with Crippen molar-refractivity contribution in [3.05, 3.63) is 18.7 Å². The Morgan fingerprint density at radius 2 is 1.78 bits per heavy atom. The fourth-order valence-electron chi connectivity index (χ4n) is 1.73. The van der Waals surface area contributed by atoms with Gasteiger partial charge in [-0.15, -0.1) is 0 Å². The molecule has 0 aliphatic carbocycles. The van der Waals surface area contributed by atoms with Crippen LogP contribution in [0.1, 0.15) is 39.5 Å². The minimum Gasteiger partial charge on any atom is -1.00 e. The average Bonchev–Trinajstić information content (AvgIpc) is 2.75. The Bertz CT molecular complexity index is 344. The van der Waals surface area contributed by atoms with E-state index in [0.29, 0.717) is 0 Å². The van der Waals surface area contributed by atoms with Gasteiger partial charge in [0.25, 0.3) is 6.33 Å². The third-order valence-corrected chi connectivity index (χ3v) is 2.82. The number of hydrogen-bond acceptors (Lipinski definition) is 1. The standard InChI is InChI=1S/C13H24N3O.HI/c1-4-6-8-15(9-7-5-2)13(17)16-11-10-14(3)12-16;/h10-12H,4-9H2,1-3H3;1H/q+1;/p-1. The van der Waals surface area contributed by atoms with Gasteiger partial charge in [0, 0.05) is 13.1 Å². The highest BCUT2D eigenvalue weighted by Gasteiger charge is 2.19. The summed E-state index contributed by atoms with van der Waals surface area (Å²) in [5.41, 5.74) is 0. The third kappa shape index (κ3) is 5.37. The Morgan fingerprint density at radius 1 is 1.22 bits per heavy atom. The van der Waals surface area contributed by atoms with Crippen molar-refractivity contribution in [2.24, 2.45) is 7.05 Å². The quantitative estimate of drug-likeness (QED) is 0.479. The lowest BCUT2D eigenvalue weighted by Crippen LogP contribution is -3.00. The SMILES string of the molecule is CCCCN(CCCC)C(=O)n1cc[n+](C)c1.[I-]. The van der Waals surface area contributed by atoms with Crippen molar-refractivity contribution >= 4 is 6.03 Å². The molecule has 0 saturated carbocycles. The molecule has 0 aliphatic rings. The van der Waals surface area contributed by atoms with E-state index in [1.165, 1.54) is 0 Å². The average molecular weight is 365 g/mol. The zero-order chi connectivity index (χ0) is 12.7. The van der Waals surface area contributed by atoms with Crippen LogP contribution in [0.2, 0.25) is 0 Å². The number of imidazole rings is 1. The van der Waals surface area contributed by atoms with E-state index in [0.717, 1.165) is 38.8 Å². The van der Waals surface area contributed by atoms with Gasteiger partial charge in [-0.25, -0.2) is 9.36 Å². The molecule has 0 aliphatic heterocycles. The van der Waals surface area contributed by atoms with Crippen molar-refractivity contribution in [1.82, 2.24) is 9.47 Å². The molecule has 0 radical (unpaired) electrons. The second-order valence-electron chi connectivity index (χ2n) is 4.46. The number of aromatic nitrogens is 2. The van der Waals surface area contributed by atoms with Crippen LogP contribution < -0.4 is 28.5 Å². The molecular formula is C13H24IN3O. The second-order valence-corrected chi connectivity index (χ2v) is 4.46. The van der Waals surface area contributed by atoms with Crippen LogP contribution in [0.4, 0.5) is 4.79 Å². The Kier molecular flexibility index (Phi) is 9.05. The Morgan fingerprint density at radius 3 is 2.17 bits per heavy atom. The zero-order valence-corrected chi connectivity index (χ0v) is 13.8. The molecule has 1 aromatic rings. The van der Waals surface area contributed by atoms with Gasteiger partial charge < -0.3 is 28.9 Å². The second kappa shape index (κ2) is 9.35.